The number of aromatic nitrogens is 2. The quantitative estimate of drug-likeness (QED) is 0.703. The van der Waals surface area contributed by atoms with Gasteiger partial charge in [0.1, 0.15) is 5.82 Å². The number of hydrogen-bond acceptors (Lipinski definition) is 4. The third kappa shape index (κ3) is 3.88. The standard InChI is InChI=1S/C23H24N4O/c1-17-6-8-19(9-7-17)23(28)27-14-12-26(13-15-27)21-10-11-24-22(25-21)20-5-3-4-18(2)16-20/h3-11,16H,12-15H2,1-2H3. The average molecular weight is 372 g/mol. The van der Waals surface area contributed by atoms with Crippen molar-refractivity contribution in [2.45, 2.75) is 13.8 Å². The van der Waals surface area contributed by atoms with Gasteiger partial charge in [0.25, 0.3) is 5.91 Å². The van der Waals surface area contributed by atoms with Crippen molar-refractivity contribution in [3.63, 3.8) is 0 Å². The van der Waals surface area contributed by atoms with E-state index in [0.717, 1.165) is 41.4 Å². The third-order valence-electron chi connectivity index (χ3n) is 5.11. The molecule has 3 aromatic rings. The van der Waals surface area contributed by atoms with Crippen molar-refractivity contribution < 1.29 is 4.79 Å². The van der Waals surface area contributed by atoms with Crippen LogP contribution in [0.4, 0.5) is 5.82 Å². The van der Waals surface area contributed by atoms with Gasteiger partial charge in [-0.3, -0.25) is 4.79 Å². The number of benzene rings is 2. The van der Waals surface area contributed by atoms with Crippen LogP contribution in [0.1, 0.15) is 21.5 Å². The van der Waals surface area contributed by atoms with Crippen LogP contribution in [0.25, 0.3) is 11.4 Å². The Morgan fingerprint density at radius 2 is 1.64 bits per heavy atom. The van der Waals surface area contributed by atoms with E-state index < -0.39 is 0 Å². The zero-order valence-electron chi connectivity index (χ0n) is 16.3. The molecule has 2 aromatic carbocycles. The Kier molecular flexibility index (Phi) is 5.06. The Balaban J connectivity index is 1.44. The summed E-state index contributed by atoms with van der Waals surface area (Å²) in [6.45, 7) is 7.01. The molecule has 28 heavy (non-hydrogen) atoms. The van der Waals surface area contributed by atoms with Crippen LogP contribution < -0.4 is 4.90 Å². The fourth-order valence-corrected chi connectivity index (χ4v) is 3.47. The summed E-state index contributed by atoms with van der Waals surface area (Å²) in [7, 11) is 0. The molecule has 0 aliphatic carbocycles. The van der Waals surface area contributed by atoms with Gasteiger partial charge in [0.15, 0.2) is 5.82 Å². The largest absolute Gasteiger partial charge is 0.353 e. The molecule has 0 radical (unpaired) electrons. The summed E-state index contributed by atoms with van der Waals surface area (Å²) in [4.78, 5) is 26.0. The van der Waals surface area contributed by atoms with Crippen LogP contribution in [0.3, 0.4) is 0 Å². The fourth-order valence-electron chi connectivity index (χ4n) is 3.47. The number of hydrogen-bond donors (Lipinski definition) is 0. The first-order chi connectivity index (χ1) is 13.6. The lowest BCUT2D eigenvalue weighted by Crippen LogP contribution is -2.49. The van der Waals surface area contributed by atoms with Crippen molar-refractivity contribution in [1.82, 2.24) is 14.9 Å². The van der Waals surface area contributed by atoms with Gasteiger partial charge in [-0.2, -0.15) is 0 Å². The maximum absolute atomic E-state index is 12.7. The van der Waals surface area contributed by atoms with E-state index in [-0.39, 0.29) is 5.91 Å². The molecule has 1 saturated heterocycles. The lowest BCUT2D eigenvalue weighted by molar-refractivity contribution is 0.0746. The van der Waals surface area contributed by atoms with Crippen molar-refractivity contribution in [2.24, 2.45) is 0 Å². The number of amides is 1. The highest BCUT2D eigenvalue weighted by Crippen LogP contribution is 2.20. The van der Waals surface area contributed by atoms with Crippen LogP contribution in [-0.4, -0.2) is 47.0 Å². The number of rotatable bonds is 3. The minimum absolute atomic E-state index is 0.0998. The summed E-state index contributed by atoms with van der Waals surface area (Å²) in [5.41, 5.74) is 4.13. The van der Waals surface area contributed by atoms with Gasteiger partial charge in [0, 0.05) is 43.5 Å². The van der Waals surface area contributed by atoms with Crippen LogP contribution in [0.2, 0.25) is 0 Å². The predicted octanol–water partition coefficient (Wildman–Crippen LogP) is 3.72. The molecular weight excluding hydrogens is 348 g/mol. The van der Waals surface area contributed by atoms with Crippen molar-refractivity contribution in [3.05, 3.63) is 77.5 Å². The summed E-state index contributed by atoms with van der Waals surface area (Å²) in [5.74, 6) is 1.75. The van der Waals surface area contributed by atoms with Gasteiger partial charge in [0.2, 0.25) is 0 Å². The summed E-state index contributed by atoms with van der Waals surface area (Å²) >= 11 is 0. The minimum Gasteiger partial charge on any atom is -0.353 e. The topological polar surface area (TPSA) is 49.3 Å². The lowest BCUT2D eigenvalue weighted by atomic mass is 10.1. The summed E-state index contributed by atoms with van der Waals surface area (Å²) in [6.07, 6.45) is 1.81. The van der Waals surface area contributed by atoms with Crippen LogP contribution >= 0.6 is 0 Å². The monoisotopic (exact) mass is 372 g/mol. The van der Waals surface area contributed by atoms with Gasteiger partial charge >= 0.3 is 0 Å². The van der Waals surface area contributed by atoms with E-state index in [1.807, 2.05) is 60.5 Å². The number of piperazine rings is 1. The average Bonchev–Trinajstić information content (AvgIpc) is 2.74. The van der Waals surface area contributed by atoms with Gasteiger partial charge in [-0.1, -0.05) is 41.5 Å². The Labute approximate surface area is 165 Å². The molecule has 2 heterocycles. The molecule has 1 aliphatic heterocycles. The molecule has 1 aromatic heterocycles. The highest BCUT2D eigenvalue weighted by atomic mass is 16.2. The smallest absolute Gasteiger partial charge is 0.253 e. The second-order valence-corrected chi connectivity index (χ2v) is 7.25. The second kappa shape index (κ2) is 7.80. The highest BCUT2D eigenvalue weighted by molar-refractivity contribution is 5.94. The van der Waals surface area contributed by atoms with Gasteiger partial charge in [0.05, 0.1) is 0 Å². The number of nitrogens with zero attached hydrogens (tertiary/aromatic N) is 4. The van der Waals surface area contributed by atoms with E-state index in [0.29, 0.717) is 13.1 Å². The van der Waals surface area contributed by atoms with Crippen molar-refractivity contribution in [3.8, 4) is 11.4 Å². The van der Waals surface area contributed by atoms with Gasteiger partial charge in [-0.15, -0.1) is 0 Å². The lowest BCUT2D eigenvalue weighted by Gasteiger charge is -2.35. The van der Waals surface area contributed by atoms with Gasteiger partial charge < -0.3 is 9.80 Å². The molecule has 142 valence electrons. The first kappa shape index (κ1) is 18.2. The van der Waals surface area contributed by atoms with Gasteiger partial charge in [-0.25, -0.2) is 9.97 Å². The summed E-state index contributed by atoms with van der Waals surface area (Å²) in [5, 5.41) is 0. The van der Waals surface area contributed by atoms with Gasteiger partial charge in [-0.05, 0) is 38.1 Å². The van der Waals surface area contributed by atoms with Crippen LogP contribution in [0.5, 0.6) is 0 Å². The number of aryl methyl sites for hydroxylation is 2. The first-order valence-corrected chi connectivity index (χ1v) is 9.61. The van der Waals surface area contributed by atoms with Crippen molar-refractivity contribution in [2.75, 3.05) is 31.1 Å². The fraction of sp³-hybridized carbons (Fsp3) is 0.261. The number of carbonyl (C=O) groups excluding carboxylic acids is 1. The molecule has 1 amide bonds. The third-order valence-corrected chi connectivity index (χ3v) is 5.11. The molecular formula is C23H24N4O. The Bertz CT molecular complexity index is 976. The summed E-state index contributed by atoms with van der Waals surface area (Å²) < 4.78 is 0. The zero-order chi connectivity index (χ0) is 19.5. The molecule has 0 atom stereocenters. The maximum Gasteiger partial charge on any atom is 0.253 e. The molecule has 5 nitrogen and oxygen atoms in total. The van der Waals surface area contributed by atoms with Crippen LogP contribution in [-0.2, 0) is 0 Å². The Hall–Kier alpha value is -3.21. The Morgan fingerprint density at radius 1 is 0.893 bits per heavy atom. The minimum atomic E-state index is 0.0998. The Morgan fingerprint density at radius 3 is 2.36 bits per heavy atom. The SMILES string of the molecule is Cc1ccc(C(=O)N2CCN(c3ccnc(-c4cccc(C)c4)n3)CC2)cc1. The van der Waals surface area contributed by atoms with E-state index in [9.17, 15) is 4.79 Å². The van der Waals surface area contributed by atoms with Crippen molar-refractivity contribution in [1.29, 1.82) is 0 Å². The molecule has 1 aliphatic rings. The predicted molar refractivity (Wildman–Crippen MR) is 112 cm³/mol. The normalized spacial score (nSPS) is 14.2. The first-order valence-electron chi connectivity index (χ1n) is 9.61. The molecule has 0 saturated carbocycles. The van der Waals surface area contributed by atoms with E-state index in [2.05, 4.69) is 28.9 Å². The molecule has 0 bridgehead atoms. The zero-order valence-corrected chi connectivity index (χ0v) is 16.3. The van der Waals surface area contributed by atoms with E-state index in [4.69, 9.17) is 4.98 Å². The number of anilines is 1. The van der Waals surface area contributed by atoms with Crippen LogP contribution in [0.15, 0.2) is 60.8 Å². The second-order valence-electron chi connectivity index (χ2n) is 7.25. The van der Waals surface area contributed by atoms with E-state index in [1.165, 1.54) is 5.56 Å². The summed E-state index contributed by atoms with van der Waals surface area (Å²) in [6, 6.07) is 17.9. The van der Waals surface area contributed by atoms with E-state index in [1.54, 1.807) is 0 Å². The molecule has 0 N–H and O–H groups in total. The number of carbonyl (C=O) groups is 1. The molecule has 0 spiro atoms. The molecule has 5 heteroatoms. The molecule has 0 unspecified atom stereocenters. The van der Waals surface area contributed by atoms with Crippen molar-refractivity contribution >= 4 is 11.7 Å². The van der Waals surface area contributed by atoms with E-state index >= 15 is 0 Å². The molecule has 4 rings (SSSR count). The maximum atomic E-state index is 12.7. The van der Waals surface area contributed by atoms with Crippen LogP contribution in [0, 0.1) is 13.8 Å². The highest BCUT2D eigenvalue weighted by Gasteiger charge is 2.23. The molecule has 1 fully saturated rings.